The van der Waals surface area contributed by atoms with Crippen LogP contribution in [0.4, 0.5) is 0 Å². The highest BCUT2D eigenvalue weighted by molar-refractivity contribution is 7.91. The molecule has 0 saturated heterocycles. The van der Waals surface area contributed by atoms with Gasteiger partial charge in [0.15, 0.2) is 9.79 Å². The first-order valence-corrected chi connectivity index (χ1v) is 6.66. The summed E-state index contributed by atoms with van der Waals surface area (Å²) >= 11 is -1.11. The number of hydrogen-bond acceptors (Lipinski definition) is 2. The minimum Gasteiger partial charge on any atom is -0.606 e. The molecule has 17 heavy (non-hydrogen) atoms. The molecule has 0 fully saturated rings. The molecule has 0 bridgehead atoms. The van der Waals surface area contributed by atoms with E-state index in [9.17, 15) is 4.55 Å². The zero-order valence-electron chi connectivity index (χ0n) is 9.63. The number of hydrogen-bond donors (Lipinski definition) is 0. The van der Waals surface area contributed by atoms with Gasteiger partial charge in [-0.1, -0.05) is 18.2 Å². The van der Waals surface area contributed by atoms with Gasteiger partial charge in [0.2, 0.25) is 0 Å². The van der Waals surface area contributed by atoms with E-state index >= 15 is 0 Å². The highest BCUT2D eigenvalue weighted by Gasteiger charge is 2.13. The molecular formula is C14H14O2S. The maximum absolute atomic E-state index is 12.2. The normalized spacial score (nSPS) is 12.1. The topological polar surface area (TPSA) is 32.3 Å². The van der Waals surface area contributed by atoms with E-state index in [1.807, 2.05) is 61.5 Å². The Labute approximate surface area is 104 Å². The fraction of sp³-hybridized carbons (Fsp3) is 0.143. The molecule has 88 valence electrons. The van der Waals surface area contributed by atoms with E-state index in [0.717, 1.165) is 15.5 Å². The predicted octanol–water partition coefficient (Wildman–Crippen LogP) is 3.25. The molecule has 1 unspecified atom stereocenters. The molecule has 3 heteroatoms. The molecule has 0 saturated carbocycles. The fourth-order valence-electron chi connectivity index (χ4n) is 1.51. The zero-order valence-corrected chi connectivity index (χ0v) is 10.4. The second-order valence-electron chi connectivity index (χ2n) is 3.49. The van der Waals surface area contributed by atoms with Crippen LogP contribution in [0.2, 0.25) is 0 Å². The molecule has 2 aromatic carbocycles. The summed E-state index contributed by atoms with van der Waals surface area (Å²) in [5, 5.41) is 0. The molecule has 0 amide bonds. The van der Waals surface area contributed by atoms with Crippen molar-refractivity contribution < 1.29 is 9.29 Å². The van der Waals surface area contributed by atoms with Gasteiger partial charge >= 0.3 is 0 Å². The quantitative estimate of drug-likeness (QED) is 0.776. The molecule has 2 rings (SSSR count). The molecule has 0 N–H and O–H groups in total. The van der Waals surface area contributed by atoms with Gasteiger partial charge in [0.05, 0.1) is 6.61 Å². The third-order valence-corrected chi connectivity index (χ3v) is 3.71. The summed E-state index contributed by atoms with van der Waals surface area (Å²) < 4.78 is 17.5. The summed E-state index contributed by atoms with van der Waals surface area (Å²) in [5.74, 6) is 0.807. The van der Waals surface area contributed by atoms with Crippen LogP contribution in [0, 0.1) is 0 Å². The standard InChI is InChI=1S/C14H14O2S/c1-2-16-12-8-10-14(11-9-12)17(15)13-6-4-3-5-7-13/h3-11H,2H2,1H3. The maximum Gasteiger partial charge on any atom is 0.158 e. The fourth-order valence-corrected chi connectivity index (χ4v) is 2.57. The largest absolute Gasteiger partial charge is 0.606 e. The number of rotatable bonds is 4. The Balaban J connectivity index is 2.17. The predicted molar refractivity (Wildman–Crippen MR) is 68.7 cm³/mol. The van der Waals surface area contributed by atoms with Crippen LogP contribution in [0.1, 0.15) is 6.92 Å². The molecule has 0 heterocycles. The summed E-state index contributed by atoms with van der Waals surface area (Å²) in [5.41, 5.74) is 0. The summed E-state index contributed by atoms with van der Waals surface area (Å²) in [6, 6.07) is 16.8. The molecule has 0 aromatic heterocycles. The average molecular weight is 246 g/mol. The van der Waals surface area contributed by atoms with Crippen LogP contribution in [0.3, 0.4) is 0 Å². The highest BCUT2D eigenvalue weighted by Crippen LogP contribution is 2.22. The van der Waals surface area contributed by atoms with Crippen molar-refractivity contribution in [3.05, 3.63) is 54.6 Å². The van der Waals surface area contributed by atoms with E-state index in [2.05, 4.69) is 0 Å². The van der Waals surface area contributed by atoms with Crippen molar-refractivity contribution in [1.82, 2.24) is 0 Å². The molecule has 0 aliphatic carbocycles. The maximum atomic E-state index is 12.2. The van der Waals surface area contributed by atoms with Crippen molar-refractivity contribution in [1.29, 1.82) is 0 Å². The Bertz CT molecular complexity index is 453. The Hall–Kier alpha value is -1.45. The zero-order chi connectivity index (χ0) is 12.1. The Morgan fingerprint density at radius 2 is 1.53 bits per heavy atom. The second-order valence-corrected chi connectivity index (χ2v) is 4.97. The van der Waals surface area contributed by atoms with Gasteiger partial charge in [0.25, 0.3) is 0 Å². The van der Waals surface area contributed by atoms with E-state index in [1.165, 1.54) is 0 Å². The van der Waals surface area contributed by atoms with Gasteiger partial charge < -0.3 is 9.29 Å². The Morgan fingerprint density at radius 1 is 0.941 bits per heavy atom. The number of ether oxygens (including phenoxy) is 1. The van der Waals surface area contributed by atoms with E-state index in [0.29, 0.717) is 6.61 Å². The van der Waals surface area contributed by atoms with Crippen molar-refractivity contribution in [2.24, 2.45) is 0 Å². The van der Waals surface area contributed by atoms with Crippen LogP contribution in [0.25, 0.3) is 0 Å². The van der Waals surface area contributed by atoms with Gasteiger partial charge in [-0.15, -0.1) is 0 Å². The first kappa shape index (κ1) is 12.0. The molecule has 0 radical (unpaired) electrons. The van der Waals surface area contributed by atoms with Crippen LogP contribution >= 0.6 is 0 Å². The minimum atomic E-state index is -1.11. The van der Waals surface area contributed by atoms with Crippen LogP contribution in [-0.4, -0.2) is 11.2 Å². The van der Waals surface area contributed by atoms with Crippen LogP contribution in [-0.2, 0) is 11.2 Å². The third kappa shape index (κ3) is 3.02. The van der Waals surface area contributed by atoms with Gasteiger partial charge in [-0.2, -0.15) is 0 Å². The Morgan fingerprint density at radius 3 is 2.12 bits per heavy atom. The van der Waals surface area contributed by atoms with E-state index in [1.54, 1.807) is 0 Å². The Kier molecular flexibility index (Phi) is 4.07. The van der Waals surface area contributed by atoms with Gasteiger partial charge in [-0.3, -0.25) is 0 Å². The minimum absolute atomic E-state index is 0.640. The van der Waals surface area contributed by atoms with Gasteiger partial charge in [0.1, 0.15) is 5.75 Å². The summed E-state index contributed by atoms with van der Waals surface area (Å²) in [6.45, 7) is 2.58. The summed E-state index contributed by atoms with van der Waals surface area (Å²) in [7, 11) is 0. The smallest absolute Gasteiger partial charge is 0.158 e. The molecule has 0 aliphatic heterocycles. The van der Waals surface area contributed by atoms with Crippen molar-refractivity contribution in [2.75, 3.05) is 6.61 Å². The van der Waals surface area contributed by atoms with E-state index < -0.39 is 11.2 Å². The molecule has 0 aliphatic rings. The van der Waals surface area contributed by atoms with Gasteiger partial charge in [-0.05, 0) is 43.3 Å². The van der Waals surface area contributed by atoms with Crippen LogP contribution in [0.5, 0.6) is 5.75 Å². The van der Waals surface area contributed by atoms with Crippen molar-refractivity contribution in [2.45, 2.75) is 16.7 Å². The lowest BCUT2D eigenvalue weighted by atomic mass is 10.3. The number of benzene rings is 2. The molecule has 1 atom stereocenters. The first-order valence-electron chi connectivity index (χ1n) is 5.51. The second kappa shape index (κ2) is 5.75. The molecule has 2 aromatic rings. The third-order valence-electron chi connectivity index (χ3n) is 2.31. The lowest BCUT2D eigenvalue weighted by Gasteiger charge is -2.10. The van der Waals surface area contributed by atoms with Crippen LogP contribution in [0.15, 0.2) is 64.4 Å². The monoisotopic (exact) mass is 246 g/mol. The van der Waals surface area contributed by atoms with Gasteiger partial charge in [-0.25, -0.2) is 0 Å². The average Bonchev–Trinajstić information content (AvgIpc) is 2.40. The SMILES string of the molecule is CCOc1ccc([S+]([O-])c2ccccc2)cc1. The van der Waals surface area contributed by atoms with Crippen molar-refractivity contribution >= 4 is 11.2 Å². The van der Waals surface area contributed by atoms with E-state index in [4.69, 9.17) is 4.74 Å². The lowest BCUT2D eigenvalue weighted by Crippen LogP contribution is -2.01. The first-order chi connectivity index (χ1) is 8.31. The molecule has 2 nitrogen and oxygen atoms in total. The lowest BCUT2D eigenvalue weighted by molar-refractivity contribution is 0.340. The van der Waals surface area contributed by atoms with Crippen molar-refractivity contribution in [3.8, 4) is 5.75 Å². The summed E-state index contributed by atoms with van der Waals surface area (Å²) in [6.07, 6.45) is 0. The van der Waals surface area contributed by atoms with Crippen molar-refractivity contribution in [3.63, 3.8) is 0 Å². The van der Waals surface area contributed by atoms with Crippen LogP contribution < -0.4 is 4.74 Å². The molecular weight excluding hydrogens is 232 g/mol. The van der Waals surface area contributed by atoms with E-state index in [-0.39, 0.29) is 0 Å². The summed E-state index contributed by atoms with van der Waals surface area (Å²) in [4.78, 5) is 1.61. The van der Waals surface area contributed by atoms with Gasteiger partial charge in [0, 0.05) is 11.2 Å². The highest BCUT2D eigenvalue weighted by atomic mass is 32.2. The molecule has 0 spiro atoms.